The molecule has 0 aromatic carbocycles. The lowest BCUT2D eigenvalue weighted by molar-refractivity contribution is 0.336. The predicted octanol–water partition coefficient (Wildman–Crippen LogP) is 2.90. The van der Waals surface area contributed by atoms with Gasteiger partial charge in [-0.1, -0.05) is 11.6 Å². The first kappa shape index (κ1) is 8.81. The molecule has 1 aromatic rings. The Labute approximate surface area is 78.7 Å². The van der Waals surface area contributed by atoms with Gasteiger partial charge in [0.2, 0.25) is 0 Å². The van der Waals surface area contributed by atoms with Crippen LogP contribution in [0.25, 0.3) is 0 Å². The van der Waals surface area contributed by atoms with Gasteiger partial charge < -0.3 is 4.74 Å². The highest BCUT2D eigenvalue weighted by Gasteiger charge is 2.01. The third-order valence-electron chi connectivity index (χ3n) is 1.07. The van der Waals surface area contributed by atoms with Gasteiger partial charge in [-0.3, -0.25) is 0 Å². The minimum absolute atomic E-state index is 0.580. The Morgan fingerprint density at radius 1 is 1.73 bits per heavy atom. The third-order valence-corrected chi connectivity index (χ3v) is 1.88. The second-order valence-corrected chi connectivity index (χ2v) is 3.06. The molecule has 0 atom stereocenters. The Balaban J connectivity index is 2.93. The van der Waals surface area contributed by atoms with Crippen molar-refractivity contribution in [3.8, 4) is 5.75 Å². The van der Waals surface area contributed by atoms with Crippen molar-refractivity contribution >= 4 is 27.5 Å². The molecule has 0 radical (unpaired) electrons. The summed E-state index contributed by atoms with van der Waals surface area (Å²) in [5.41, 5.74) is 0. The number of hydrogen-bond acceptors (Lipinski definition) is 2. The summed E-state index contributed by atoms with van der Waals surface area (Å²) < 4.78 is 5.91. The number of pyridine rings is 1. The first-order chi connectivity index (χ1) is 5.24. The van der Waals surface area contributed by atoms with E-state index in [1.54, 1.807) is 12.3 Å². The zero-order valence-corrected chi connectivity index (χ0v) is 8.32. The van der Waals surface area contributed by atoms with Crippen LogP contribution in [0.5, 0.6) is 5.75 Å². The first-order valence-electron chi connectivity index (χ1n) is 3.18. The van der Waals surface area contributed by atoms with Gasteiger partial charge in [-0.05, 0) is 22.9 Å². The fourth-order valence-corrected chi connectivity index (χ4v) is 1.14. The summed E-state index contributed by atoms with van der Waals surface area (Å²) in [5, 5.41) is 0.580. The number of aromatic nitrogens is 1. The number of rotatable bonds is 2. The van der Waals surface area contributed by atoms with Crippen molar-refractivity contribution in [2.45, 2.75) is 6.92 Å². The lowest BCUT2D eigenvalue weighted by Crippen LogP contribution is -1.93. The highest BCUT2D eigenvalue weighted by atomic mass is 79.9. The summed E-state index contributed by atoms with van der Waals surface area (Å²) in [6, 6.07) is 1.72. The average molecular weight is 236 g/mol. The Morgan fingerprint density at radius 3 is 3.09 bits per heavy atom. The molecule has 0 aliphatic rings. The molecule has 2 nitrogen and oxygen atoms in total. The smallest absolute Gasteiger partial charge is 0.153 e. The SMILES string of the molecule is CCOc1cc(Cl)cnc1Br. The standard InChI is InChI=1S/C7H7BrClNO/c1-2-11-6-3-5(9)4-10-7(6)8/h3-4H,2H2,1H3. The molecule has 60 valence electrons. The number of halogens is 2. The number of hydrogen-bond donors (Lipinski definition) is 0. The number of nitrogens with zero attached hydrogens (tertiary/aromatic N) is 1. The molecular formula is C7H7BrClNO. The summed E-state index contributed by atoms with van der Waals surface area (Å²) in [6.07, 6.45) is 1.56. The summed E-state index contributed by atoms with van der Waals surface area (Å²) in [7, 11) is 0. The van der Waals surface area contributed by atoms with Crippen LogP contribution in [0, 0.1) is 0 Å². The molecular weight excluding hydrogens is 229 g/mol. The molecule has 1 heterocycles. The Hall–Kier alpha value is -0.280. The van der Waals surface area contributed by atoms with Crippen LogP contribution in [0.3, 0.4) is 0 Å². The largest absolute Gasteiger partial charge is 0.491 e. The van der Waals surface area contributed by atoms with Crippen LogP contribution in [0.15, 0.2) is 16.9 Å². The van der Waals surface area contributed by atoms with Gasteiger partial charge in [-0.2, -0.15) is 0 Å². The molecule has 1 aromatic heterocycles. The summed E-state index contributed by atoms with van der Waals surface area (Å²) in [4.78, 5) is 3.96. The van der Waals surface area contributed by atoms with Crippen molar-refractivity contribution in [3.63, 3.8) is 0 Å². The molecule has 0 amide bonds. The Bertz CT molecular complexity index is 254. The van der Waals surface area contributed by atoms with E-state index in [0.717, 1.165) is 0 Å². The zero-order chi connectivity index (χ0) is 8.27. The van der Waals surface area contributed by atoms with Crippen LogP contribution >= 0.6 is 27.5 Å². The Morgan fingerprint density at radius 2 is 2.45 bits per heavy atom. The van der Waals surface area contributed by atoms with Crippen molar-refractivity contribution in [1.82, 2.24) is 4.98 Å². The normalized spacial score (nSPS) is 9.73. The third kappa shape index (κ3) is 2.34. The monoisotopic (exact) mass is 235 g/mol. The van der Waals surface area contributed by atoms with E-state index in [4.69, 9.17) is 16.3 Å². The van der Waals surface area contributed by atoms with Gasteiger partial charge in [-0.15, -0.1) is 0 Å². The highest BCUT2D eigenvalue weighted by molar-refractivity contribution is 9.10. The minimum atomic E-state index is 0.580. The van der Waals surface area contributed by atoms with Crippen molar-refractivity contribution < 1.29 is 4.74 Å². The van der Waals surface area contributed by atoms with Gasteiger partial charge in [0.15, 0.2) is 5.75 Å². The second kappa shape index (κ2) is 3.93. The minimum Gasteiger partial charge on any atom is -0.491 e. The van der Waals surface area contributed by atoms with Crippen LogP contribution in [0.1, 0.15) is 6.92 Å². The molecule has 0 saturated heterocycles. The van der Waals surface area contributed by atoms with Gasteiger partial charge >= 0.3 is 0 Å². The van der Waals surface area contributed by atoms with Crippen LogP contribution in [0.2, 0.25) is 5.02 Å². The van der Waals surface area contributed by atoms with E-state index in [1.165, 1.54) is 0 Å². The number of ether oxygens (including phenoxy) is 1. The molecule has 0 fully saturated rings. The summed E-state index contributed by atoms with van der Waals surface area (Å²) >= 11 is 8.93. The second-order valence-electron chi connectivity index (χ2n) is 1.88. The topological polar surface area (TPSA) is 22.1 Å². The molecule has 0 spiro atoms. The van der Waals surface area contributed by atoms with Gasteiger partial charge in [0, 0.05) is 12.3 Å². The molecule has 1 rings (SSSR count). The summed E-state index contributed by atoms with van der Waals surface area (Å²) in [6.45, 7) is 2.52. The van der Waals surface area contributed by atoms with Crippen LogP contribution in [-0.4, -0.2) is 11.6 Å². The van der Waals surface area contributed by atoms with Gasteiger partial charge in [0.1, 0.15) is 4.60 Å². The Kier molecular flexibility index (Phi) is 3.15. The van der Waals surface area contributed by atoms with Gasteiger partial charge in [0.05, 0.1) is 11.6 Å². The maximum atomic E-state index is 5.69. The quantitative estimate of drug-likeness (QED) is 0.737. The highest BCUT2D eigenvalue weighted by Crippen LogP contribution is 2.25. The molecule has 0 unspecified atom stereocenters. The van der Waals surface area contributed by atoms with E-state index in [0.29, 0.717) is 22.0 Å². The van der Waals surface area contributed by atoms with E-state index < -0.39 is 0 Å². The van der Waals surface area contributed by atoms with Gasteiger partial charge in [-0.25, -0.2) is 4.98 Å². The van der Waals surface area contributed by atoms with Crippen molar-refractivity contribution in [3.05, 3.63) is 21.9 Å². The lowest BCUT2D eigenvalue weighted by atomic mass is 10.5. The van der Waals surface area contributed by atoms with Crippen LogP contribution in [0.4, 0.5) is 0 Å². The van der Waals surface area contributed by atoms with Crippen molar-refractivity contribution in [1.29, 1.82) is 0 Å². The molecule has 4 heteroatoms. The molecule has 0 saturated carbocycles. The van der Waals surface area contributed by atoms with E-state index in [-0.39, 0.29) is 0 Å². The zero-order valence-electron chi connectivity index (χ0n) is 5.97. The average Bonchev–Trinajstić information content (AvgIpc) is 1.98. The molecule has 0 N–H and O–H groups in total. The predicted molar refractivity (Wildman–Crippen MR) is 48.1 cm³/mol. The van der Waals surface area contributed by atoms with Gasteiger partial charge in [0.25, 0.3) is 0 Å². The molecule has 11 heavy (non-hydrogen) atoms. The van der Waals surface area contributed by atoms with E-state index >= 15 is 0 Å². The fourth-order valence-electron chi connectivity index (χ4n) is 0.661. The van der Waals surface area contributed by atoms with Crippen molar-refractivity contribution in [2.75, 3.05) is 6.61 Å². The lowest BCUT2D eigenvalue weighted by Gasteiger charge is -2.03. The van der Waals surface area contributed by atoms with E-state index in [1.807, 2.05) is 6.92 Å². The molecule has 0 aliphatic carbocycles. The summed E-state index contributed by atoms with van der Waals surface area (Å²) in [5.74, 6) is 0.681. The van der Waals surface area contributed by atoms with Crippen LogP contribution in [-0.2, 0) is 0 Å². The maximum absolute atomic E-state index is 5.69. The molecule has 0 aliphatic heterocycles. The molecule has 0 bridgehead atoms. The van der Waals surface area contributed by atoms with E-state index in [2.05, 4.69) is 20.9 Å². The fraction of sp³-hybridized carbons (Fsp3) is 0.286. The van der Waals surface area contributed by atoms with Crippen molar-refractivity contribution in [2.24, 2.45) is 0 Å². The van der Waals surface area contributed by atoms with E-state index in [9.17, 15) is 0 Å². The maximum Gasteiger partial charge on any atom is 0.153 e. The van der Waals surface area contributed by atoms with Crippen LogP contribution < -0.4 is 4.74 Å². The first-order valence-corrected chi connectivity index (χ1v) is 4.35.